The number of nitrogens with zero attached hydrogens (tertiary/aromatic N) is 2. The van der Waals surface area contributed by atoms with Crippen molar-refractivity contribution >= 4 is 22.4 Å². The van der Waals surface area contributed by atoms with Gasteiger partial charge >= 0.3 is 5.97 Å². The van der Waals surface area contributed by atoms with Crippen LogP contribution in [0.2, 0.25) is 0 Å². The maximum absolute atomic E-state index is 11.3. The minimum atomic E-state index is -0.860. The van der Waals surface area contributed by atoms with Crippen molar-refractivity contribution in [3.63, 3.8) is 0 Å². The summed E-state index contributed by atoms with van der Waals surface area (Å²) in [6, 6.07) is 0. The average molecular weight is 298 g/mol. The van der Waals surface area contributed by atoms with Gasteiger partial charge in [0.05, 0.1) is 11.8 Å². The SMILES string of the molecule is CCCc1nc(N2CCC(OCC)CC2)sc1C(=O)O. The number of aryl methyl sites for hydroxylation is 1. The van der Waals surface area contributed by atoms with Crippen molar-refractivity contribution in [3.05, 3.63) is 10.6 Å². The van der Waals surface area contributed by atoms with E-state index in [9.17, 15) is 9.90 Å². The summed E-state index contributed by atoms with van der Waals surface area (Å²) in [6.07, 6.45) is 3.95. The number of rotatable bonds is 6. The van der Waals surface area contributed by atoms with Crippen LogP contribution in [0, 0.1) is 0 Å². The van der Waals surface area contributed by atoms with Gasteiger partial charge in [0, 0.05) is 19.7 Å². The van der Waals surface area contributed by atoms with Gasteiger partial charge in [-0.2, -0.15) is 0 Å². The Kier molecular flexibility index (Phi) is 5.37. The third kappa shape index (κ3) is 3.49. The zero-order valence-corrected chi connectivity index (χ0v) is 12.9. The number of aromatic nitrogens is 1. The predicted octanol–water partition coefficient (Wildman–Crippen LogP) is 2.80. The van der Waals surface area contributed by atoms with Crippen LogP contribution in [0.25, 0.3) is 0 Å². The second kappa shape index (κ2) is 7.04. The lowest BCUT2D eigenvalue weighted by molar-refractivity contribution is 0.0459. The molecular formula is C14H22N2O3S. The molecule has 0 atom stereocenters. The van der Waals surface area contributed by atoms with Crippen molar-refractivity contribution in [3.8, 4) is 0 Å². The van der Waals surface area contributed by atoms with E-state index in [4.69, 9.17) is 4.74 Å². The van der Waals surface area contributed by atoms with Crippen molar-refractivity contribution in [1.29, 1.82) is 0 Å². The zero-order chi connectivity index (χ0) is 14.5. The summed E-state index contributed by atoms with van der Waals surface area (Å²) in [5, 5.41) is 10.1. The highest BCUT2D eigenvalue weighted by molar-refractivity contribution is 7.17. The van der Waals surface area contributed by atoms with Crippen LogP contribution in [0.5, 0.6) is 0 Å². The molecule has 2 rings (SSSR count). The fourth-order valence-electron chi connectivity index (χ4n) is 2.50. The lowest BCUT2D eigenvalue weighted by atomic mass is 10.1. The first-order valence-electron chi connectivity index (χ1n) is 7.25. The Balaban J connectivity index is 2.06. The molecule has 1 aromatic heterocycles. The van der Waals surface area contributed by atoms with Crippen molar-refractivity contribution in [2.75, 3.05) is 24.6 Å². The summed E-state index contributed by atoms with van der Waals surface area (Å²) in [4.78, 5) is 18.4. The lowest BCUT2D eigenvalue weighted by Gasteiger charge is -2.31. The summed E-state index contributed by atoms with van der Waals surface area (Å²) in [5.41, 5.74) is 0.729. The van der Waals surface area contributed by atoms with Gasteiger partial charge in [-0.15, -0.1) is 0 Å². The molecule has 20 heavy (non-hydrogen) atoms. The summed E-state index contributed by atoms with van der Waals surface area (Å²) in [7, 11) is 0. The lowest BCUT2D eigenvalue weighted by Crippen LogP contribution is -2.37. The quantitative estimate of drug-likeness (QED) is 0.875. The van der Waals surface area contributed by atoms with Gasteiger partial charge in [0.25, 0.3) is 0 Å². The molecule has 0 radical (unpaired) electrons. The van der Waals surface area contributed by atoms with Crippen LogP contribution < -0.4 is 4.90 Å². The van der Waals surface area contributed by atoms with E-state index >= 15 is 0 Å². The topological polar surface area (TPSA) is 62.7 Å². The number of carboxylic acid groups (broad SMARTS) is 1. The molecule has 1 fully saturated rings. The Bertz CT molecular complexity index is 453. The molecule has 112 valence electrons. The van der Waals surface area contributed by atoms with Crippen LogP contribution in [-0.4, -0.2) is 41.9 Å². The van der Waals surface area contributed by atoms with Crippen molar-refractivity contribution in [2.24, 2.45) is 0 Å². The Morgan fingerprint density at radius 2 is 2.15 bits per heavy atom. The second-order valence-corrected chi connectivity index (χ2v) is 5.95. The fraction of sp³-hybridized carbons (Fsp3) is 0.714. The van der Waals surface area contributed by atoms with E-state index in [1.807, 2.05) is 13.8 Å². The summed E-state index contributed by atoms with van der Waals surface area (Å²) in [6.45, 7) is 6.60. The molecule has 6 heteroatoms. The van der Waals surface area contributed by atoms with Gasteiger partial charge in [-0.1, -0.05) is 24.7 Å². The predicted molar refractivity (Wildman–Crippen MR) is 79.9 cm³/mol. The number of thiazole rings is 1. The van der Waals surface area contributed by atoms with E-state index in [0.29, 0.717) is 11.0 Å². The first-order chi connectivity index (χ1) is 9.65. The Labute approximate surface area is 123 Å². The summed E-state index contributed by atoms with van der Waals surface area (Å²) < 4.78 is 5.63. The molecule has 0 aromatic carbocycles. The van der Waals surface area contributed by atoms with Gasteiger partial charge in [0.2, 0.25) is 0 Å². The minimum absolute atomic E-state index is 0.338. The third-order valence-electron chi connectivity index (χ3n) is 3.48. The number of aromatic carboxylic acids is 1. The van der Waals surface area contributed by atoms with Gasteiger partial charge < -0.3 is 14.7 Å². The molecule has 1 saturated heterocycles. The van der Waals surface area contributed by atoms with E-state index in [1.54, 1.807) is 0 Å². The summed E-state index contributed by atoms with van der Waals surface area (Å²) >= 11 is 1.30. The number of ether oxygens (including phenoxy) is 1. The van der Waals surface area contributed by atoms with Gasteiger partial charge in [0.15, 0.2) is 5.13 Å². The molecule has 1 aliphatic rings. The van der Waals surface area contributed by atoms with Gasteiger partial charge in [0.1, 0.15) is 4.88 Å². The van der Waals surface area contributed by atoms with E-state index in [2.05, 4.69) is 9.88 Å². The second-order valence-electron chi connectivity index (χ2n) is 4.97. The highest BCUT2D eigenvalue weighted by Gasteiger charge is 2.24. The van der Waals surface area contributed by atoms with E-state index in [1.165, 1.54) is 11.3 Å². The Morgan fingerprint density at radius 1 is 1.45 bits per heavy atom. The van der Waals surface area contributed by atoms with Gasteiger partial charge in [-0.25, -0.2) is 9.78 Å². The smallest absolute Gasteiger partial charge is 0.347 e. The first kappa shape index (κ1) is 15.3. The molecule has 0 aliphatic carbocycles. The molecule has 0 spiro atoms. The first-order valence-corrected chi connectivity index (χ1v) is 8.06. The van der Waals surface area contributed by atoms with E-state index in [-0.39, 0.29) is 0 Å². The highest BCUT2D eigenvalue weighted by atomic mass is 32.1. The number of carboxylic acids is 1. The number of hydrogen-bond acceptors (Lipinski definition) is 5. The molecule has 1 aromatic rings. The molecule has 0 amide bonds. The number of piperidine rings is 1. The monoisotopic (exact) mass is 298 g/mol. The zero-order valence-electron chi connectivity index (χ0n) is 12.1. The molecule has 2 heterocycles. The molecule has 0 bridgehead atoms. The molecule has 0 unspecified atom stereocenters. The molecule has 5 nitrogen and oxygen atoms in total. The summed E-state index contributed by atoms with van der Waals surface area (Å²) in [5.74, 6) is -0.860. The number of anilines is 1. The maximum Gasteiger partial charge on any atom is 0.347 e. The number of carbonyl (C=O) groups is 1. The third-order valence-corrected chi connectivity index (χ3v) is 4.63. The van der Waals surface area contributed by atoms with Crippen molar-refractivity contribution in [1.82, 2.24) is 4.98 Å². The minimum Gasteiger partial charge on any atom is -0.477 e. The largest absolute Gasteiger partial charge is 0.477 e. The van der Waals surface area contributed by atoms with E-state index < -0.39 is 5.97 Å². The molecule has 0 saturated carbocycles. The fourth-order valence-corrected chi connectivity index (χ4v) is 3.50. The molecule has 1 N–H and O–H groups in total. The van der Waals surface area contributed by atoms with Gasteiger partial charge in [-0.05, 0) is 26.2 Å². The average Bonchev–Trinajstić information content (AvgIpc) is 2.85. The van der Waals surface area contributed by atoms with Crippen LogP contribution in [0.1, 0.15) is 48.5 Å². The van der Waals surface area contributed by atoms with Crippen LogP contribution in [0.4, 0.5) is 5.13 Å². The molecular weight excluding hydrogens is 276 g/mol. The molecule has 1 aliphatic heterocycles. The van der Waals surface area contributed by atoms with Gasteiger partial charge in [-0.3, -0.25) is 0 Å². The normalized spacial score (nSPS) is 16.6. The van der Waals surface area contributed by atoms with Crippen LogP contribution in [0.15, 0.2) is 0 Å². The van der Waals surface area contributed by atoms with E-state index in [0.717, 1.165) is 56.2 Å². The van der Waals surface area contributed by atoms with Crippen LogP contribution >= 0.6 is 11.3 Å². The van der Waals surface area contributed by atoms with Crippen LogP contribution in [-0.2, 0) is 11.2 Å². The standard InChI is InChI=1S/C14H22N2O3S/c1-3-5-11-12(13(17)18)20-14(15-11)16-8-6-10(7-9-16)19-4-2/h10H,3-9H2,1-2H3,(H,17,18). The van der Waals surface area contributed by atoms with Crippen LogP contribution in [0.3, 0.4) is 0 Å². The van der Waals surface area contributed by atoms with Crippen molar-refractivity contribution in [2.45, 2.75) is 45.6 Å². The Hall–Kier alpha value is -1.14. The number of hydrogen-bond donors (Lipinski definition) is 1. The Morgan fingerprint density at radius 3 is 2.70 bits per heavy atom. The maximum atomic E-state index is 11.3. The van der Waals surface area contributed by atoms with Crippen molar-refractivity contribution < 1.29 is 14.6 Å². The highest BCUT2D eigenvalue weighted by Crippen LogP contribution is 2.29.